The maximum atomic E-state index is 14.1. The second kappa shape index (κ2) is 8.50. The minimum absolute atomic E-state index is 0.0251. The Morgan fingerprint density at radius 1 is 1.08 bits per heavy atom. The molecule has 2 atom stereocenters. The number of fused-ring (bicyclic) bond motifs is 5. The Labute approximate surface area is 212 Å². The van der Waals surface area contributed by atoms with Crippen LogP contribution in [0.5, 0.6) is 0 Å². The van der Waals surface area contributed by atoms with Crippen molar-refractivity contribution >= 4 is 28.0 Å². The van der Waals surface area contributed by atoms with Crippen LogP contribution in [-0.2, 0) is 11.2 Å². The normalized spacial score (nSPS) is 23.2. The molecule has 2 N–H and O–H groups in total. The van der Waals surface area contributed by atoms with Crippen LogP contribution < -0.4 is 0 Å². The number of hydrogen-bond acceptors (Lipinski definition) is 4. The fraction of sp³-hybridized carbons (Fsp3) is 0.310. The lowest BCUT2D eigenvalue weighted by Crippen LogP contribution is -2.45. The number of nitrogens with zero attached hydrogens (tertiary/aromatic N) is 4. The molecule has 0 aliphatic heterocycles. The number of hydrogen-bond donors (Lipinski definition) is 2. The van der Waals surface area contributed by atoms with Gasteiger partial charge in [0.2, 0.25) is 0 Å². The van der Waals surface area contributed by atoms with Gasteiger partial charge in [-0.05, 0) is 74.1 Å². The second-order valence-corrected chi connectivity index (χ2v) is 10.4. The molecule has 37 heavy (non-hydrogen) atoms. The SMILES string of the molecule is O=C(O)C1C2CCC(CC2)C1Cc1nc(-c2c[nH]c3ncc(F)cc23)nc2ccn(-c3ccccc3)c12. The minimum Gasteiger partial charge on any atom is -0.481 e. The van der Waals surface area contributed by atoms with Gasteiger partial charge in [-0.2, -0.15) is 0 Å². The minimum atomic E-state index is -0.693. The van der Waals surface area contributed by atoms with E-state index in [4.69, 9.17) is 9.97 Å². The Hall–Kier alpha value is -4.07. The smallest absolute Gasteiger partial charge is 0.307 e. The van der Waals surface area contributed by atoms with Crippen molar-refractivity contribution in [2.45, 2.75) is 32.1 Å². The van der Waals surface area contributed by atoms with E-state index >= 15 is 0 Å². The van der Waals surface area contributed by atoms with Gasteiger partial charge < -0.3 is 14.7 Å². The lowest BCUT2D eigenvalue weighted by molar-refractivity contribution is -0.152. The third kappa shape index (κ3) is 3.62. The number of carboxylic acids is 1. The summed E-state index contributed by atoms with van der Waals surface area (Å²) in [5, 5.41) is 10.8. The molecule has 4 heterocycles. The van der Waals surface area contributed by atoms with Crippen molar-refractivity contribution in [1.82, 2.24) is 24.5 Å². The van der Waals surface area contributed by atoms with Gasteiger partial charge in [-0.3, -0.25) is 4.79 Å². The van der Waals surface area contributed by atoms with Gasteiger partial charge in [-0.1, -0.05) is 18.2 Å². The third-order valence-electron chi connectivity index (χ3n) is 8.48. The van der Waals surface area contributed by atoms with Crippen molar-refractivity contribution in [3.63, 3.8) is 0 Å². The molecule has 3 saturated carbocycles. The van der Waals surface area contributed by atoms with Crippen LogP contribution in [0.4, 0.5) is 4.39 Å². The first-order valence-electron chi connectivity index (χ1n) is 12.9. The molecule has 7 nitrogen and oxygen atoms in total. The number of carbonyl (C=O) groups is 1. The zero-order valence-corrected chi connectivity index (χ0v) is 20.1. The highest BCUT2D eigenvalue weighted by molar-refractivity contribution is 5.93. The summed E-state index contributed by atoms with van der Waals surface area (Å²) in [7, 11) is 0. The average Bonchev–Trinajstić information content (AvgIpc) is 3.54. The number of carboxylic acid groups (broad SMARTS) is 1. The van der Waals surface area contributed by atoms with E-state index < -0.39 is 11.8 Å². The molecule has 186 valence electrons. The number of pyridine rings is 1. The first kappa shape index (κ1) is 22.2. The summed E-state index contributed by atoms with van der Waals surface area (Å²) in [6.07, 6.45) is 9.64. The van der Waals surface area contributed by atoms with E-state index in [9.17, 15) is 14.3 Å². The van der Waals surface area contributed by atoms with Gasteiger partial charge in [0.25, 0.3) is 0 Å². The maximum absolute atomic E-state index is 14.1. The van der Waals surface area contributed by atoms with Crippen molar-refractivity contribution in [3.05, 3.63) is 72.6 Å². The molecule has 2 bridgehead atoms. The second-order valence-electron chi connectivity index (χ2n) is 10.4. The van der Waals surface area contributed by atoms with E-state index in [-0.39, 0.29) is 17.8 Å². The van der Waals surface area contributed by atoms with Crippen LogP contribution in [0.25, 0.3) is 39.1 Å². The van der Waals surface area contributed by atoms with Crippen molar-refractivity contribution in [2.24, 2.45) is 23.7 Å². The zero-order valence-electron chi connectivity index (χ0n) is 20.1. The van der Waals surface area contributed by atoms with Crippen molar-refractivity contribution < 1.29 is 14.3 Å². The van der Waals surface area contributed by atoms with Crippen LogP contribution in [0.2, 0.25) is 0 Å². The van der Waals surface area contributed by atoms with Crippen LogP contribution in [0.15, 0.2) is 61.1 Å². The highest BCUT2D eigenvalue weighted by atomic mass is 19.1. The number of aromatic amines is 1. The summed E-state index contributed by atoms with van der Waals surface area (Å²) in [6, 6.07) is 13.4. The summed E-state index contributed by atoms with van der Waals surface area (Å²) >= 11 is 0. The molecule has 0 saturated heterocycles. The summed E-state index contributed by atoms with van der Waals surface area (Å²) in [5.41, 5.74) is 4.74. The summed E-state index contributed by atoms with van der Waals surface area (Å²) in [4.78, 5) is 29.6. The Morgan fingerprint density at radius 3 is 2.65 bits per heavy atom. The van der Waals surface area contributed by atoms with Crippen LogP contribution in [0.1, 0.15) is 31.4 Å². The van der Waals surface area contributed by atoms with Crippen molar-refractivity contribution in [2.75, 3.05) is 0 Å². The van der Waals surface area contributed by atoms with Crippen LogP contribution in [0.3, 0.4) is 0 Å². The summed E-state index contributed by atoms with van der Waals surface area (Å²) in [6.45, 7) is 0. The van der Waals surface area contributed by atoms with Crippen LogP contribution >= 0.6 is 0 Å². The number of para-hydroxylation sites is 1. The van der Waals surface area contributed by atoms with Crippen LogP contribution in [-0.4, -0.2) is 35.6 Å². The maximum Gasteiger partial charge on any atom is 0.307 e. The van der Waals surface area contributed by atoms with Crippen molar-refractivity contribution in [1.29, 1.82) is 0 Å². The number of H-pyrrole nitrogens is 1. The van der Waals surface area contributed by atoms with Gasteiger partial charge >= 0.3 is 5.97 Å². The number of nitrogens with one attached hydrogen (secondary N) is 1. The molecule has 5 aromatic rings. The van der Waals surface area contributed by atoms with E-state index in [1.54, 1.807) is 6.20 Å². The molecule has 4 aromatic heterocycles. The monoisotopic (exact) mass is 495 g/mol. The summed E-state index contributed by atoms with van der Waals surface area (Å²) < 4.78 is 16.2. The molecule has 3 fully saturated rings. The number of benzene rings is 1. The predicted octanol–water partition coefficient (Wildman–Crippen LogP) is 5.78. The molecule has 8 heteroatoms. The molecule has 0 radical (unpaired) electrons. The Bertz CT molecular complexity index is 1630. The number of rotatable bonds is 5. The van der Waals surface area contributed by atoms with Gasteiger partial charge in [-0.25, -0.2) is 19.3 Å². The highest BCUT2D eigenvalue weighted by Crippen LogP contribution is 2.50. The van der Waals surface area contributed by atoms with E-state index in [1.807, 2.05) is 42.6 Å². The topological polar surface area (TPSA) is 96.7 Å². The van der Waals surface area contributed by atoms with E-state index in [1.165, 1.54) is 12.3 Å². The third-order valence-corrected chi connectivity index (χ3v) is 8.48. The van der Waals surface area contributed by atoms with Gasteiger partial charge in [0.05, 0.1) is 28.8 Å². The van der Waals surface area contributed by atoms with Gasteiger partial charge in [0.1, 0.15) is 11.5 Å². The Balaban J connectivity index is 1.42. The van der Waals surface area contributed by atoms with Gasteiger partial charge in [-0.15, -0.1) is 0 Å². The molecule has 3 aliphatic rings. The first-order chi connectivity index (χ1) is 18.1. The van der Waals surface area contributed by atoms with E-state index in [2.05, 4.69) is 14.5 Å². The lowest BCUT2D eigenvalue weighted by Gasteiger charge is -2.46. The molecule has 3 aliphatic carbocycles. The molecule has 0 amide bonds. The molecular formula is C29H26FN5O2. The lowest BCUT2D eigenvalue weighted by atomic mass is 9.57. The number of aliphatic carboxylic acids is 1. The summed E-state index contributed by atoms with van der Waals surface area (Å²) in [5.74, 6) is -0.350. The molecule has 0 spiro atoms. The van der Waals surface area contributed by atoms with Crippen LogP contribution in [0, 0.1) is 29.5 Å². The molecular weight excluding hydrogens is 469 g/mol. The number of halogens is 1. The molecule has 8 rings (SSSR count). The quantitative estimate of drug-likeness (QED) is 0.322. The Morgan fingerprint density at radius 2 is 1.86 bits per heavy atom. The fourth-order valence-electron chi connectivity index (χ4n) is 6.83. The van der Waals surface area contributed by atoms with E-state index in [0.717, 1.165) is 48.1 Å². The van der Waals surface area contributed by atoms with Crippen molar-refractivity contribution in [3.8, 4) is 17.1 Å². The van der Waals surface area contributed by atoms with E-state index in [0.29, 0.717) is 34.8 Å². The molecule has 2 unspecified atom stereocenters. The fourth-order valence-corrected chi connectivity index (χ4v) is 6.83. The van der Waals surface area contributed by atoms with Gasteiger partial charge in [0.15, 0.2) is 5.82 Å². The molecule has 1 aromatic carbocycles. The zero-order chi connectivity index (χ0) is 25.1. The number of aromatic nitrogens is 5. The van der Waals surface area contributed by atoms with Gasteiger partial charge in [0, 0.05) is 29.0 Å². The largest absolute Gasteiger partial charge is 0.481 e. The highest BCUT2D eigenvalue weighted by Gasteiger charge is 2.47. The standard InChI is InChI=1S/C29H26FN5O2/c30-18-12-21-22(15-32-27(21)31-14-18)28-33-23-10-11-35(19-4-2-1-3-5-19)26(23)24(34-28)13-20-16-6-8-17(9-7-16)25(20)29(36)37/h1-5,10-12,14-17,20,25H,6-9,13H2,(H,31,32)(H,36,37). The first-order valence-corrected chi connectivity index (χ1v) is 12.9. The predicted molar refractivity (Wildman–Crippen MR) is 138 cm³/mol. The Kier molecular flexibility index (Phi) is 5.09. The average molecular weight is 496 g/mol.